The second-order valence-corrected chi connectivity index (χ2v) is 5.18. The largest absolute Gasteiger partial charge is 0.497 e. The van der Waals surface area contributed by atoms with Gasteiger partial charge < -0.3 is 14.8 Å². The molecule has 1 amide bonds. The van der Waals surface area contributed by atoms with Crippen molar-refractivity contribution in [1.29, 1.82) is 0 Å². The Balaban J connectivity index is 2.00. The minimum atomic E-state index is -1.14. The number of nitrogens with one attached hydrogen (secondary N) is 1. The van der Waals surface area contributed by atoms with Gasteiger partial charge in [0, 0.05) is 12.3 Å². The Morgan fingerprint density at radius 2 is 2.04 bits per heavy atom. The van der Waals surface area contributed by atoms with Gasteiger partial charge in [-0.05, 0) is 31.2 Å². The summed E-state index contributed by atoms with van der Waals surface area (Å²) in [6, 6.07) is 6.74. The summed E-state index contributed by atoms with van der Waals surface area (Å²) in [6.07, 6.45) is 0.220. The van der Waals surface area contributed by atoms with Crippen LogP contribution in [0.1, 0.15) is 17.3 Å². The van der Waals surface area contributed by atoms with Gasteiger partial charge in [-0.25, -0.2) is 14.2 Å². The Kier molecular flexibility index (Phi) is 5.70. The molecule has 0 unspecified atom stereocenters. The summed E-state index contributed by atoms with van der Waals surface area (Å²) in [5.74, 6) is -1.84. The molecular weight excluding hydrogens is 339 g/mol. The van der Waals surface area contributed by atoms with Crippen molar-refractivity contribution < 1.29 is 23.5 Å². The Hall–Kier alpha value is -2.67. The van der Waals surface area contributed by atoms with Crippen LogP contribution >= 0.6 is 11.6 Å². The molecule has 1 aromatic carbocycles. The standard InChI is InChI=1S/C16H14ClFN2O4/c1-9(15(21)20-14-6-3-10(17)8-19-14)24-16(22)12-5-4-11(23-2)7-13(12)18/h3-9H,1-2H3,(H,19,20,21)/t9-/m1/s1. The number of methoxy groups -OCH3 is 1. The Bertz CT molecular complexity index is 752. The van der Waals surface area contributed by atoms with Gasteiger partial charge in [-0.2, -0.15) is 0 Å². The molecule has 1 heterocycles. The monoisotopic (exact) mass is 352 g/mol. The first-order valence-corrected chi connectivity index (χ1v) is 7.25. The molecular formula is C16H14ClFN2O4. The second-order valence-electron chi connectivity index (χ2n) is 4.74. The molecule has 2 aromatic rings. The number of aromatic nitrogens is 1. The predicted molar refractivity (Wildman–Crippen MR) is 85.7 cm³/mol. The van der Waals surface area contributed by atoms with Gasteiger partial charge in [0.2, 0.25) is 0 Å². The zero-order valence-electron chi connectivity index (χ0n) is 12.9. The molecule has 0 aliphatic heterocycles. The SMILES string of the molecule is COc1ccc(C(=O)O[C@H](C)C(=O)Nc2ccc(Cl)cn2)c(F)c1. The molecule has 6 nitrogen and oxygen atoms in total. The van der Waals surface area contributed by atoms with Crippen LogP contribution in [0, 0.1) is 5.82 Å². The van der Waals surface area contributed by atoms with Crippen molar-refractivity contribution >= 4 is 29.3 Å². The molecule has 0 fully saturated rings. The van der Waals surface area contributed by atoms with Crippen LogP contribution in [0.5, 0.6) is 5.75 Å². The molecule has 1 N–H and O–H groups in total. The number of halogens is 2. The zero-order valence-corrected chi connectivity index (χ0v) is 13.6. The average Bonchev–Trinajstić information content (AvgIpc) is 2.56. The molecule has 1 aromatic heterocycles. The Morgan fingerprint density at radius 3 is 2.62 bits per heavy atom. The normalized spacial score (nSPS) is 11.5. The molecule has 0 spiro atoms. The Labute approximate surface area is 142 Å². The van der Waals surface area contributed by atoms with Crippen LogP contribution < -0.4 is 10.1 Å². The minimum absolute atomic E-state index is 0.253. The first kappa shape index (κ1) is 17.7. The maximum Gasteiger partial charge on any atom is 0.341 e. The lowest BCUT2D eigenvalue weighted by Crippen LogP contribution is -2.30. The van der Waals surface area contributed by atoms with Crippen molar-refractivity contribution in [2.24, 2.45) is 0 Å². The molecule has 2 rings (SSSR count). The smallest absolute Gasteiger partial charge is 0.341 e. The van der Waals surface area contributed by atoms with E-state index in [9.17, 15) is 14.0 Å². The number of carbonyl (C=O) groups is 2. The van der Waals surface area contributed by atoms with Gasteiger partial charge in [0.15, 0.2) is 6.10 Å². The van der Waals surface area contributed by atoms with Crippen LogP contribution in [0.25, 0.3) is 0 Å². The average molecular weight is 353 g/mol. The Morgan fingerprint density at radius 1 is 1.29 bits per heavy atom. The van der Waals surface area contributed by atoms with Crippen molar-refractivity contribution in [2.45, 2.75) is 13.0 Å². The van der Waals surface area contributed by atoms with Crippen LogP contribution in [0.15, 0.2) is 36.5 Å². The summed E-state index contributed by atoms with van der Waals surface area (Å²) < 4.78 is 23.6. The molecule has 0 saturated heterocycles. The van der Waals surface area contributed by atoms with Crippen molar-refractivity contribution in [2.75, 3.05) is 12.4 Å². The number of hydrogen-bond acceptors (Lipinski definition) is 5. The summed E-state index contributed by atoms with van der Waals surface area (Å²) in [5.41, 5.74) is -0.292. The van der Waals surface area contributed by atoms with E-state index >= 15 is 0 Å². The lowest BCUT2D eigenvalue weighted by Gasteiger charge is -2.13. The third-order valence-electron chi connectivity index (χ3n) is 3.03. The van der Waals surface area contributed by atoms with Crippen LogP contribution in [-0.4, -0.2) is 30.1 Å². The minimum Gasteiger partial charge on any atom is -0.497 e. The van der Waals surface area contributed by atoms with Crippen LogP contribution in [0.2, 0.25) is 5.02 Å². The number of nitrogens with zero attached hydrogens (tertiary/aromatic N) is 1. The fourth-order valence-electron chi connectivity index (χ4n) is 1.74. The molecule has 0 saturated carbocycles. The van der Waals surface area contributed by atoms with Gasteiger partial charge in [0.25, 0.3) is 5.91 Å². The molecule has 0 aliphatic rings. The lowest BCUT2D eigenvalue weighted by molar-refractivity contribution is -0.123. The van der Waals surface area contributed by atoms with Crippen LogP contribution in [0.4, 0.5) is 10.2 Å². The van der Waals surface area contributed by atoms with Gasteiger partial charge in [0.05, 0.1) is 17.7 Å². The van der Waals surface area contributed by atoms with E-state index in [1.54, 1.807) is 6.07 Å². The maximum atomic E-state index is 13.8. The van der Waals surface area contributed by atoms with E-state index in [4.69, 9.17) is 21.1 Å². The van der Waals surface area contributed by atoms with Gasteiger partial charge in [-0.15, -0.1) is 0 Å². The van der Waals surface area contributed by atoms with Gasteiger partial charge in [0.1, 0.15) is 17.4 Å². The van der Waals surface area contributed by atoms with E-state index < -0.39 is 23.8 Å². The first-order valence-electron chi connectivity index (χ1n) is 6.87. The number of pyridine rings is 1. The highest BCUT2D eigenvalue weighted by Gasteiger charge is 2.21. The molecule has 8 heteroatoms. The fourth-order valence-corrected chi connectivity index (χ4v) is 1.86. The topological polar surface area (TPSA) is 77.5 Å². The predicted octanol–water partition coefficient (Wildman–Crippen LogP) is 3.07. The van der Waals surface area contributed by atoms with Crippen molar-refractivity contribution in [3.63, 3.8) is 0 Å². The fraction of sp³-hybridized carbons (Fsp3) is 0.188. The number of ether oxygens (including phenoxy) is 2. The van der Waals surface area contributed by atoms with E-state index in [2.05, 4.69) is 10.3 Å². The van der Waals surface area contributed by atoms with Crippen LogP contribution in [0.3, 0.4) is 0 Å². The third kappa shape index (κ3) is 4.42. The quantitative estimate of drug-likeness (QED) is 0.837. The summed E-state index contributed by atoms with van der Waals surface area (Å²) in [7, 11) is 1.38. The lowest BCUT2D eigenvalue weighted by atomic mass is 10.2. The van der Waals surface area contributed by atoms with Crippen molar-refractivity contribution in [3.8, 4) is 5.75 Å². The van der Waals surface area contributed by atoms with Crippen molar-refractivity contribution in [3.05, 3.63) is 52.9 Å². The van der Waals surface area contributed by atoms with E-state index in [0.717, 1.165) is 6.07 Å². The number of amides is 1. The summed E-state index contributed by atoms with van der Waals surface area (Å²) in [5, 5.41) is 2.88. The zero-order chi connectivity index (χ0) is 17.7. The third-order valence-corrected chi connectivity index (χ3v) is 3.25. The molecule has 0 aliphatic carbocycles. The molecule has 1 atom stereocenters. The van der Waals surface area contributed by atoms with E-state index in [1.165, 1.54) is 38.4 Å². The van der Waals surface area contributed by atoms with Gasteiger partial charge in [-0.1, -0.05) is 11.6 Å². The summed E-state index contributed by atoms with van der Waals surface area (Å²) >= 11 is 5.69. The number of benzene rings is 1. The highest BCUT2D eigenvalue weighted by atomic mass is 35.5. The highest BCUT2D eigenvalue weighted by molar-refractivity contribution is 6.30. The van der Waals surface area contributed by atoms with Gasteiger partial charge >= 0.3 is 5.97 Å². The second kappa shape index (κ2) is 7.74. The number of carbonyl (C=O) groups excluding carboxylic acids is 2. The van der Waals surface area contributed by atoms with Crippen molar-refractivity contribution in [1.82, 2.24) is 4.98 Å². The molecule has 0 bridgehead atoms. The first-order chi connectivity index (χ1) is 11.4. The van der Waals surface area contributed by atoms with E-state index in [0.29, 0.717) is 5.02 Å². The highest BCUT2D eigenvalue weighted by Crippen LogP contribution is 2.18. The van der Waals surface area contributed by atoms with E-state index in [-0.39, 0.29) is 17.1 Å². The van der Waals surface area contributed by atoms with Gasteiger partial charge in [-0.3, -0.25) is 4.79 Å². The number of anilines is 1. The molecule has 0 radical (unpaired) electrons. The summed E-state index contributed by atoms with van der Waals surface area (Å²) in [4.78, 5) is 27.8. The molecule has 126 valence electrons. The maximum absolute atomic E-state index is 13.8. The summed E-state index contributed by atoms with van der Waals surface area (Å²) in [6.45, 7) is 1.37. The number of esters is 1. The van der Waals surface area contributed by atoms with Crippen LogP contribution in [-0.2, 0) is 9.53 Å². The number of rotatable bonds is 5. The number of hydrogen-bond donors (Lipinski definition) is 1. The molecule has 24 heavy (non-hydrogen) atoms. The van der Waals surface area contributed by atoms with E-state index in [1.807, 2.05) is 0 Å².